The van der Waals surface area contributed by atoms with Crippen molar-refractivity contribution in [2.75, 3.05) is 0 Å². The molecule has 24 heavy (non-hydrogen) atoms. The predicted molar refractivity (Wildman–Crippen MR) is 87.7 cm³/mol. The van der Waals surface area contributed by atoms with Crippen LogP contribution in [0.25, 0.3) is 0 Å². The van der Waals surface area contributed by atoms with E-state index in [4.69, 9.17) is 16.3 Å². The van der Waals surface area contributed by atoms with Crippen molar-refractivity contribution in [1.29, 1.82) is 0 Å². The summed E-state index contributed by atoms with van der Waals surface area (Å²) in [7, 11) is -4.70. The minimum Gasteiger partial charge on any atom is -0.744 e. The second-order valence-corrected chi connectivity index (χ2v) is 7.22. The molecule has 5 nitrogen and oxygen atoms in total. The summed E-state index contributed by atoms with van der Waals surface area (Å²) in [6.07, 6.45) is 6.89. The summed E-state index contributed by atoms with van der Waals surface area (Å²) in [5.41, 5.74) is 0. The number of benzene rings is 1. The summed E-state index contributed by atoms with van der Waals surface area (Å²) in [4.78, 5) is 11.3. The molecule has 1 atom stereocenters. The van der Waals surface area contributed by atoms with Gasteiger partial charge in [0.1, 0.15) is 21.2 Å². The first-order valence-corrected chi connectivity index (χ1v) is 9.61. The number of esters is 1. The van der Waals surface area contributed by atoms with Gasteiger partial charge in [0.05, 0.1) is 4.90 Å². The molecule has 0 bridgehead atoms. The monoisotopic (exact) mass is 384 g/mol. The Morgan fingerprint density at radius 1 is 1.17 bits per heavy atom. The van der Waals surface area contributed by atoms with Crippen molar-refractivity contribution >= 4 is 27.7 Å². The second kappa shape index (κ2) is 12.3. The Hall–Kier alpha value is -0.110. The molecule has 1 unspecified atom stereocenters. The minimum absolute atomic E-state index is 0. The van der Waals surface area contributed by atoms with E-state index in [1.54, 1.807) is 0 Å². The SMILES string of the molecule is CCCCCCCCC(Cl)C(=O)Oc1ccccc1S(=O)(=O)[O-].[Na+]. The molecule has 1 aromatic carbocycles. The zero-order valence-corrected chi connectivity index (χ0v) is 17.7. The number of hydrogen-bond donors (Lipinski definition) is 0. The van der Waals surface area contributed by atoms with E-state index < -0.39 is 26.4 Å². The first-order chi connectivity index (χ1) is 10.9. The van der Waals surface area contributed by atoms with E-state index in [0.717, 1.165) is 25.3 Å². The molecule has 8 heteroatoms. The number of alkyl halides is 1. The van der Waals surface area contributed by atoms with Crippen LogP contribution in [-0.2, 0) is 14.9 Å². The van der Waals surface area contributed by atoms with Gasteiger partial charge < -0.3 is 9.29 Å². The van der Waals surface area contributed by atoms with Crippen molar-refractivity contribution in [3.8, 4) is 5.75 Å². The van der Waals surface area contributed by atoms with Crippen LogP contribution in [0.2, 0.25) is 0 Å². The van der Waals surface area contributed by atoms with E-state index in [1.165, 1.54) is 37.5 Å². The Morgan fingerprint density at radius 3 is 2.38 bits per heavy atom. The zero-order chi connectivity index (χ0) is 17.3. The molecule has 0 aliphatic carbocycles. The van der Waals surface area contributed by atoms with E-state index in [1.807, 2.05) is 0 Å². The summed E-state index contributed by atoms with van der Waals surface area (Å²) in [6.45, 7) is 2.14. The minimum atomic E-state index is -4.70. The third-order valence-corrected chi connectivity index (χ3v) is 4.67. The molecule has 0 fully saturated rings. The molecule has 0 heterocycles. The average Bonchev–Trinajstić information content (AvgIpc) is 2.50. The summed E-state index contributed by atoms with van der Waals surface area (Å²) < 4.78 is 38.3. The van der Waals surface area contributed by atoms with E-state index in [9.17, 15) is 17.8 Å². The second-order valence-electron chi connectivity index (χ2n) is 5.35. The van der Waals surface area contributed by atoms with Crippen molar-refractivity contribution in [3.63, 3.8) is 0 Å². The van der Waals surface area contributed by atoms with Crippen molar-refractivity contribution < 1.29 is 52.1 Å². The molecule has 0 saturated heterocycles. The standard InChI is InChI=1S/C16H23ClO5S.Na/c1-2-3-4-5-6-7-10-13(17)16(18)22-14-11-8-9-12-15(14)23(19,20)21;/h8-9,11-13H,2-7,10H2,1H3,(H,19,20,21);/q;+1/p-1. The number of halogens is 1. The Balaban J connectivity index is 0.00000529. The third kappa shape index (κ3) is 8.83. The largest absolute Gasteiger partial charge is 1.00 e. The fourth-order valence-corrected chi connectivity index (χ4v) is 2.94. The smallest absolute Gasteiger partial charge is 0.744 e. The summed E-state index contributed by atoms with van der Waals surface area (Å²) >= 11 is 5.99. The molecule has 0 radical (unpaired) electrons. The number of unbranched alkanes of at least 4 members (excludes halogenated alkanes) is 5. The van der Waals surface area contributed by atoms with Gasteiger partial charge in [0.2, 0.25) is 0 Å². The quantitative estimate of drug-likeness (QED) is 0.149. The Labute approximate surface area is 171 Å². The molecular formula is C16H22ClNaO5S. The van der Waals surface area contributed by atoms with Crippen molar-refractivity contribution in [2.45, 2.75) is 62.1 Å². The van der Waals surface area contributed by atoms with Crippen LogP contribution in [0.4, 0.5) is 0 Å². The van der Waals surface area contributed by atoms with Crippen LogP contribution in [0.5, 0.6) is 5.75 Å². The third-order valence-electron chi connectivity index (χ3n) is 3.40. The number of carbonyl (C=O) groups excluding carboxylic acids is 1. The summed E-state index contributed by atoms with van der Waals surface area (Å²) in [6, 6.07) is 5.23. The number of carbonyl (C=O) groups is 1. The van der Waals surface area contributed by atoms with Crippen LogP contribution in [0.1, 0.15) is 51.9 Å². The van der Waals surface area contributed by atoms with Gasteiger partial charge in [0, 0.05) is 0 Å². The van der Waals surface area contributed by atoms with Crippen LogP contribution in [0, 0.1) is 0 Å². The van der Waals surface area contributed by atoms with Gasteiger partial charge in [-0.15, -0.1) is 11.6 Å². The van der Waals surface area contributed by atoms with Gasteiger partial charge in [-0.2, -0.15) is 0 Å². The van der Waals surface area contributed by atoms with E-state index >= 15 is 0 Å². The van der Waals surface area contributed by atoms with Crippen LogP contribution < -0.4 is 34.3 Å². The Bertz CT molecular complexity index is 606. The van der Waals surface area contributed by atoms with Gasteiger partial charge in [-0.05, 0) is 18.6 Å². The normalized spacial score (nSPS) is 12.3. The maximum Gasteiger partial charge on any atom is 1.00 e. The van der Waals surface area contributed by atoms with E-state index in [2.05, 4.69) is 6.92 Å². The topological polar surface area (TPSA) is 83.5 Å². The van der Waals surface area contributed by atoms with Crippen LogP contribution in [0.15, 0.2) is 29.2 Å². The van der Waals surface area contributed by atoms with Gasteiger partial charge in [-0.1, -0.05) is 57.6 Å². The summed E-state index contributed by atoms with van der Waals surface area (Å²) in [5.74, 6) is -1.02. The molecule has 0 saturated carbocycles. The molecule has 130 valence electrons. The first kappa shape index (κ1) is 23.9. The first-order valence-electron chi connectivity index (χ1n) is 7.77. The van der Waals surface area contributed by atoms with Crippen LogP contribution in [-0.4, -0.2) is 24.3 Å². The Morgan fingerprint density at radius 2 is 1.75 bits per heavy atom. The van der Waals surface area contributed by atoms with E-state index in [-0.39, 0.29) is 35.3 Å². The van der Waals surface area contributed by atoms with Crippen LogP contribution >= 0.6 is 11.6 Å². The molecular weight excluding hydrogens is 363 g/mol. The van der Waals surface area contributed by atoms with Gasteiger partial charge in [-0.25, -0.2) is 8.42 Å². The number of ether oxygens (including phenoxy) is 1. The van der Waals surface area contributed by atoms with Crippen LogP contribution in [0.3, 0.4) is 0 Å². The van der Waals surface area contributed by atoms with Gasteiger partial charge in [0.25, 0.3) is 0 Å². The molecule has 1 rings (SSSR count). The van der Waals surface area contributed by atoms with Crippen molar-refractivity contribution in [3.05, 3.63) is 24.3 Å². The van der Waals surface area contributed by atoms with Crippen molar-refractivity contribution in [1.82, 2.24) is 0 Å². The maximum atomic E-state index is 11.9. The number of rotatable bonds is 10. The molecule has 0 aromatic heterocycles. The zero-order valence-electron chi connectivity index (χ0n) is 14.2. The average molecular weight is 385 g/mol. The molecule has 0 aliphatic heterocycles. The fourth-order valence-electron chi connectivity index (χ4n) is 2.14. The van der Waals surface area contributed by atoms with E-state index in [0.29, 0.717) is 6.42 Å². The van der Waals surface area contributed by atoms with Gasteiger partial charge in [0.15, 0.2) is 0 Å². The molecule has 0 N–H and O–H groups in total. The molecule has 0 spiro atoms. The molecule has 1 aromatic rings. The summed E-state index contributed by atoms with van der Waals surface area (Å²) in [5, 5.41) is -0.858. The fraction of sp³-hybridized carbons (Fsp3) is 0.562. The maximum absolute atomic E-state index is 11.9. The molecule has 0 amide bonds. The van der Waals surface area contributed by atoms with Crippen molar-refractivity contribution in [2.24, 2.45) is 0 Å². The molecule has 0 aliphatic rings. The van der Waals surface area contributed by atoms with Gasteiger partial charge in [-0.3, -0.25) is 4.79 Å². The predicted octanol–water partition coefficient (Wildman–Crippen LogP) is 0.858. The van der Waals surface area contributed by atoms with Gasteiger partial charge >= 0.3 is 35.5 Å². The Kier molecular flexibility index (Phi) is 12.2. The number of para-hydroxylation sites is 1. The number of hydrogen-bond acceptors (Lipinski definition) is 5.